The van der Waals surface area contributed by atoms with E-state index in [4.69, 9.17) is 43.2 Å². The second-order valence-electron chi connectivity index (χ2n) is 26.5. The summed E-state index contributed by atoms with van der Waals surface area (Å²) in [7, 11) is 3.21. The molecule has 550 valence electrons. The number of para-hydroxylation sites is 3. The topological polar surface area (TPSA) is 448 Å². The van der Waals surface area contributed by atoms with Gasteiger partial charge in [-0.05, 0) is 162 Å². The summed E-state index contributed by atoms with van der Waals surface area (Å²) in [5, 5.41) is 25.2. The molecule has 0 radical (unpaired) electrons. The summed E-state index contributed by atoms with van der Waals surface area (Å²) in [4.78, 5) is 128. The monoisotopic (exact) mass is 1450 g/mol. The van der Waals surface area contributed by atoms with E-state index in [9.17, 15) is 38.4 Å². The van der Waals surface area contributed by atoms with Gasteiger partial charge in [-0.3, -0.25) is 43.7 Å². The largest absolute Gasteiger partial charge is 0.481 e. The first kappa shape index (κ1) is 81.0. The van der Waals surface area contributed by atoms with Gasteiger partial charge in [-0.1, -0.05) is 36.4 Å². The number of nitrogens with two attached hydrogens (primary N) is 5. The summed E-state index contributed by atoms with van der Waals surface area (Å²) in [5.74, 6) is -1.92. The van der Waals surface area contributed by atoms with Gasteiger partial charge in [-0.2, -0.15) is 0 Å². The number of hydrogen-bond acceptors (Lipinski definition) is 21. The molecule has 3 saturated heterocycles. The summed E-state index contributed by atoms with van der Waals surface area (Å²) < 4.78 is 13.5. The maximum Gasteiger partial charge on any atom is 0.410 e. The van der Waals surface area contributed by atoms with Gasteiger partial charge in [-0.15, -0.1) is 34.0 Å². The third-order valence-electron chi connectivity index (χ3n) is 16.1. The van der Waals surface area contributed by atoms with Crippen molar-refractivity contribution in [3.8, 4) is 0 Å². The molecule has 3 aliphatic heterocycles. The fourth-order valence-corrected chi connectivity index (χ4v) is 13.7. The first-order valence-corrected chi connectivity index (χ1v) is 36.4. The number of carboxylic acid groups (broad SMARTS) is 1. The number of Topliss-reactive ketones (excluding diaryl/α,β-unsaturated/α-hetero) is 3. The van der Waals surface area contributed by atoms with Crippen LogP contribution in [0.3, 0.4) is 0 Å². The van der Waals surface area contributed by atoms with Crippen LogP contribution in [-0.2, 0) is 23.9 Å². The Bertz CT molecular complexity index is 3730. The first-order chi connectivity index (χ1) is 48.0. The van der Waals surface area contributed by atoms with Crippen molar-refractivity contribution in [3.05, 3.63) is 87.8 Å². The molecule has 6 heterocycles. The van der Waals surface area contributed by atoms with E-state index < -0.39 is 59.3 Å². The van der Waals surface area contributed by atoms with E-state index in [1.54, 1.807) is 39.8 Å². The van der Waals surface area contributed by atoms with Crippen LogP contribution in [0.5, 0.6) is 0 Å². The van der Waals surface area contributed by atoms with Gasteiger partial charge >= 0.3 is 18.2 Å². The number of nitrogens with zero attached hydrogens (tertiary/aromatic N) is 8. The number of fused-ring (bicyclic) bond motifs is 3. The van der Waals surface area contributed by atoms with Crippen molar-refractivity contribution in [2.45, 2.75) is 148 Å². The van der Waals surface area contributed by atoms with Gasteiger partial charge in [0.05, 0.1) is 66.5 Å². The number of aliphatic carboxylic acids is 1. The van der Waals surface area contributed by atoms with E-state index >= 15 is 0 Å². The number of likely N-dealkylation sites (tertiary alicyclic amines) is 2. The van der Waals surface area contributed by atoms with Gasteiger partial charge < -0.3 is 79.6 Å². The summed E-state index contributed by atoms with van der Waals surface area (Å²) in [5.41, 5.74) is 29.1. The second-order valence-corrected chi connectivity index (χ2v) is 29.6. The average Bonchev–Trinajstić information content (AvgIpc) is 1.71. The number of piperidine rings is 3. The summed E-state index contributed by atoms with van der Waals surface area (Å²) in [6.45, 7) is 15.6. The number of benzene rings is 3. The van der Waals surface area contributed by atoms with E-state index in [0.717, 1.165) is 62.9 Å². The molecule has 4 amide bonds. The van der Waals surface area contributed by atoms with Gasteiger partial charge in [0.2, 0.25) is 29.2 Å². The van der Waals surface area contributed by atoms with Crippen molar-refractivity contribution >= 4 is 130 Å². The highest BCUT2D eigenvalue weighted by Crippen LogP contribution is 2.28. The van der Waals surface area contributed by atoms with Gasteiger partial charge in [0.15, 0.2) is 32.9 Å². The van der Waals surface area contributed by atoms with Gasteiger partial charge in [-0.25, -0.2) is 24.5 Å². The van der Waals surface area contributed by atoms with Crippen LogP contribution in [0.2, 0.25) is 0 Å². The summed E-state index contributed by atoms with van der Waals surface area (Å²) >= 11 is 4.05. The SMILES string of the molecule is CC(C)(C)OC(=O)N1CCC[C@H](C(=O)O)C1.CN=C(N)NCCC[C@H](N)C(=O)c1nc2ccccc2s1.CN=C(N)NCCC[C@H](NC(=O)[C@H]1CCCN(C(=O)OC(C)(C)C)C1)C(=O)c1nc2ccccc2s1.NC(N)=NCCCC(NC(=O)[C@H]1CCCNC1)C(=O)c1nc2ccccc2s1. The van der Waals surface area contributed by atoms with E-state index in [1.165, 1.54) is 38.9 Å². The molecule has 3 aromatic heterocycles. The third kappa shape index (κ3) is 27.1. The van der Waals surface area contributed by atoms with Crippen molar-refractivity contribution in [1.82, 2.24) is 51.3 Å². The molecular formula is C69H100N18O11S3. The van der Waals surface area contributed by atoms with Crippen LogP contribution in [0.15, 0.2) is 87.8 Å². The number of ketones is 3. The van der Waals surface area contributed by atoms with Crippen LogP contribution in [0.1, 0.15) is 148 Å². The van der Waals surface area contributed by atoms with Gasteiger partial charge in [0, 0.05) is 66.5 Å². The van der Waals surface area contributed by atoms with Crippen LogP contribution < -0.4 is 55.3 Å². The van der Waals surface area contributed by atoms with Crippen LogP contribution >= 0.6 is 34.0 Å². The van der Waals surface area contributed by atoms with E-state index in [2.05, 4.69) is 56.5 Å². The highest BCUT2D eigenvalue weighted by Gasteiger charge is 2.35. The lowest BCUT2D eigenvalue weighted by atomic mass is 9.96. The zero-order chi connectivity index (χ0) is 73.8. The number of thiazole rings is 3. The molecule has 29 nitrogen and oxygen atoms in total. The Morgan fingerprint density at radius 1 is 0.584 bits per heavy atom. The number of carbonyl (C=O) groups excluding carboxylic acids is 7. The van der Waals surface area contributed by atoms with Crippen molar-refractivity contribution in [3.63, 3.8) is 0 Å². The molecule has 16 N–H and O–H groups in total. The molecule has 0 saturated carbocycles. The molecule has 0 spiro atoms. The number of amides is 4. The number of carbonyl (C=O) groups is 8. The zero-order valence-corrected chi connectivity index (χ0v) is 61.4. The predicted octanol–water partition coefficient (Wildman–Crippen LogP) is 6.78. The maximum atomic E-state index is 13.4. The number of carboxylic acids is 1. The summed E-state index contributed by atoms with van der Waals surface area (Å²) in [6, 6.07) is 20.9. The molecule has 9 rings (SSSR count). The van der Waals surface area contributed by atoms with Crippen LogP contribution in [0.25, 0.3) is 30.6 Å². The Labute approximate surface area is 601 Å². The zero-order valence-electron chi connectivity index (χ0n) is 59.0. The molecule has 0 aliphatic carbocycles. The normalized spacial score (nSPS) is 17.4. The molecule has 6 atom stereocenters. The van der Waals surface area contributed by atoms with Crippen LogP contribution in [0.4, 0.5) is 9.59 Å². The highest BCUT2D eigenvalue weighted by molar-refractivity contribution is 7.21. The lowest BCUT2D eigenvalue weighted by molar-refractivity contribution is -0.143. The minimum Gasteiger partial charge on any atom is -0.481 e. The van der Waals surface area contributed by atoms with E-state index in [-0.39, 0.29) is 54.1 Å². The fourth-order valence-electron chi connectivity index (χ4n) is 10.8. The molecule has 6 aromatic rings. The average molecular weight is 1450 g/mol. The molecule has 1 unspecified atom stereocenters. The molecule has 3 aliphatic rings. The first-order valence-electron chi connectivity index (χ1n) is 34.0. The number of rotatable bonds is 23. The molecule has 0 bridgehead atoms. The highest BCUT2D eigenvalue weighted by atomic mass is 32.1. The lowest BCUT2D eigenvalue weighted by Crippen LogP contribution is -2.50. The molecule has 3 aromatic carbocycles. The Kier molecular flexibility index (Phi) is 32.0. The molecule has 101 heavy (non-hydrogen) atoms. The number of aliphatic imine (C=N–C) groups is 3. The Hall–Kier alpha value is -8.98. The minimum absolute atomic E-state index is 0.0198. The Balaban J connectivity index is 0.000000221. The summed E-state index contributed by atoms with van der Waals surface area (Å²) in [6.07, 6.45) is 6.98. The number of aromatic nitrogens is 3. The number of nitrogens with one attached hydrogen (secondary N) is 5. The van der Waals surface area contributed by atoms with E-state index in [1.807, 2.05) is 93.6 Å². The molecular weight excluding hydrogens is 1350 g/mol. The molecule has 32 heteroatoms. The van der Waals surface area contributed by atoms with Crippen molar-refractivity contribution in [2.24, 2.45) is 61.4 Å². The minimum atomic E-state index is -0.840. The van der Waals surface area contributed by atoms with Crippen molar-refractivity contribution in [2.75, 3.05) is 73.0 Å². The van der Waals surface area contributed by atoms with Crippen molar-refractivity contribution in [1.29, 1.82) is 0 Å². The number of hydrogen-bond donors (Lipinski definition) is 11. The van der Waals surface area contributed by atoms with Crippen molar-refractivity contribution < 1.29 is 52.9 Å². The van der Waals surface area contributed by atoms with E-state index in [0.29, 0.717) is 118 Å². The second kappa shape index (κ2) is 39.9. The quantitative estimate of drug-likeness (QED) is 0.0136. The Morgan fingerprint density at radius 3 is 1.41 bits per heavy atom. The fraction of sp³-hybridized carbons (Fsp3) is 0.536. The molecule has 3 fully saturated rings. The van der Waals surface area contributed by atoms with Gasteiger partial charge in [0.1, 0.15) is 11.2 Å². The number of ether oxygens (including phenoxy) is 2. The smallest absolute Gasteiger partial charge is 0.410 e. The standard InChI is InChI=1S/C25H36N6O4S.C19H26N6O2S.C14H19N5OS.C11H19NO4/c1-25(2,3)35-24(34)31-14-8-9-16(15-31)21(33)29-18(11-7-13-28-23(26)27-4)20(32)22-30-17-10-5-6-12-19(17)36-22;20-19(21)23-10-4-7-14(24-17(27)12-5-3-9-22-11-12)16(26)18-25-13-6-1-2-8-15(13)28-18;1-17-14(16)18-8-4-5-9(15)12(20)13-19-10-6-2-3-7-11(10)21-13;1-11(2,3)16-10(15)12-6-4-5-8(7-12)9(13)14/h5-6,10,12,16,18H,7-9,11,13-15H2,1-4H3,(H,29,33)(H3,26,27,28);1-2,6,8,12,14,22H,3-5,7,9-11H2,(H,24,27)(H4,20,21,23);2-3,6-7,9H,4-5,8,15H2,1H3,(H3,16,17,18);8H,4-7H2,1-3H3,(H,13,14)/t16-,18-;12-,14?;9-;8-/m0000/s1. The third-order valence-corrected chi connectivity index (χ3v) is 19.2. The van der Waals surface area contributed by atoms with Crippen LogP contribution in [0, 0.1) is 17.8 Å². The van der Waals surface area contributed by atoms with Gasteiger partial charge in [0.25, 0.3) is 0 Å². The lowest BCUT2D eigenvalue weighted by Gasteiger charge is -2.34. The maximum absolute atomic E-state index is 13.4. The predicted molar refractivity (Wildman–Crippen MR) is 397 cm³/mol. The number of guanidine groups is 3. The van der Waals surface area contributed by atoms with Crippen LogP contribution in [-0.4, -0.2) is 197 Å². The Morgan fingerprint density at radius 2 is 0.990 bits per heavy atom.